The third-order valence-electron chi connectivity index (χ3n) is 3.57. The maximum Gasteiger partial charge on any atom is 0.243 e. The van der Waals surface area contributed by atoms with Crippen LogP contribution < -0.4 is 0 Å². The van der Waals surface area contributed by atoms with Crippen molar-refractivity contribution < 1.29 is 9.53 Å². The van der Waals surface area contributed by atoms with Crippen LogP contribution in [-0.2, 0) is 9.53 Å². The van der Waals surface area contributed by atoms with Crippen LogP contribution in [0.15, 0.2) is 0 Å². The highest BCUT2D eigenvalue weighted by molar-refractivity contribution is 5.86. The SMILES string of the molecule is CC1CN(C(=O)C2(C#N)CCC2)CCCO1. The zero-order valence-corrected chi connectivity index (χ0v) is 9.74. The lowest BCUT2D eigenvalue weighted by Crippen LogP contribution is -2.48. The summed E-state index contributed by atoms with van der Waals surface area (Å²) in [5.41, 5.74) is -0.704. The van der Waals surface area contributed by atoms with Crippen LogP contribution >= 0.6 is 0 Å². The molecule has 1 unspecified atom stereocenters. The normalized spacial score (nSPS) is 28.8. The average Bonchev–Trinajstić information content (AvgIpc) is 2.42. The molecule has 1 aliphatic carbocycles. The van der Waals surface area contributed by atoms with E-state index in [0.717, 1.165) is 32.2 Å². The molecular weight excluding hydrogens is 204 g/mol. The van der Waals surface area contributed by atoms with Crippen molar-refractivity contribution >= 4 is 5.91 Å². The van der Waals surface area contributed by atoms with Crippen molar-refractivity contribution in [1.82, 2.24) is 4.90 Å². The number of hydrogen-bond acceptors (Lipinski definition) is 3. The number of amides is 1. The van der Waals surface area contributed by atoms with E-state index in [2.05, 4.69) is 6.07 Å². The van der Waals surface area contributed by atoms with Crippen molar-refractivity contribution in [2.75, 3.05) is 19.7 Å². The molecular formula is C12H18N2O2. The topological polar surface area (TPSA) is 53.3 Å². The molecule has 0 radical (unpaired) electrons. The third kappa shape index (κ3) is 1.92. The smallest absolute Gasteiger partial charge is 0.243 e. The molecule has 0 aromatic heterocycles. The number of carbonyl (C=O) groups is 1. The Morgan fingerprint density at radius 2 is 2.25 bits per heavy atom. The predicted octanol–water partition coefficient (Wildman–Crippen LogP) is 1.32. The molecule has 0 spiro atoms. The molecule has 0 aromatic carbocycles. The number of hydrogen-bond donors (Lipinski definition) is 0. The second-order valence-electron chi connectivity index (χ2n) is 4.83. The van der Waals surface area contributed by atoms with Gasteiger partial charge in [-0.15, -0.1) is 0 Å². The van der Waals surface area contributed by atoms with Gasteiger partial charge in [-0.05, 0) is 32.6 Å². The highest BCUT2D eigenvalue weighted by Crippen LogP contribution is 2.42. The van der Waals surface area contributed by atoms with Gasteiger partial charge < -0.3 is 9.64 Å². The molecule has 1 aliphatic heterocycles. The van der Waals surface area contributed by atoms with Crippen LogP contribution in [0.5, 0.6) is 0 Å². The van der Waals surface area contributed by atoms with E-state index >= 15 is 0 Å². The molecule has 4 nitrogen and oxygen atoms in total. The molecule has 1 saturated carbocycles. The van der Waals surface area contributed by atoms with Gasteiger partial charge in [-0.1, -0.05) is 0 Å². The molecule has 1 amide bonds. The summed E-state index contributed by atoms with van der Waals surface area (Å²) in [4.78, 5) is 14.1. The quantitative estimate of drug-likeness (QED) is 0.672. The first kappa shape index (κ1) is 11.4. The van der Waals surface area contributed by atoms with Gasteiger partial charge >= 0.3 is 0 Å². The molecule has 1 saturated heterocycles. The van der Waals surface area contributed by atoms with E-state index in [9.17, 15) is 4.79 Å². The standard InChI is InChI=1S/C12H18N2O2/c1-10-8-14(6-3-7-16-10)11(15)12(9-13)4-2-5-12/h10H,2-8H2,1H3. The van der Waals surface area contributed by atoms with Gasteiger partial charge in [-0.3, -0.25) is 4.79 Å². The van der Waals surface area contributed by atoms with Crippen LogP contribution in [0.2, 0.25) is 0 Å². The summed E-state index contributed by atoms with van der Waals surface area (Å²) in [6.45, 7) is 4.05. The molecule has 1 atom stereocenters. The molecule has 1 heterocycles. The van der Waals surface area contributed by atoms with Gasteiger partial charge in [-0.2, -0.15) is 5.26 Å². The number of rotatable bonds is 1. The summed E-state index contributed by atoms with van der Waals surface area (Å²) in [5, 5.41) is 9.15. The Kier molecular flexibility index (Phi) is 3.15. The van der Waals surface area contributed by atoms with Crippen molar-refractivity contribution in [3.63, 3.8) is 0 Å². The minimum absolute atomic E-state index is 0.0265. The highest BCUT2D eigenvalue weighted by atomic mass is 16.5. The Balaban J connectivity index is 2.06. The predicted molar refractivity (Wildman–Crippen MR) is 58.5 cm³/mol. The van der Waals surface area contributed by atoms with E-state index in [1.165, 1.54) is 0 Å². The second-order valence-corrected chi connectivity index (χ2v) is 4.83. The van der Waals surface area contributed by atoms with Crippen LogP contribution in [0, 0.1) is 16.7 Å². The minimum atomic E-state index is -0.704. The van der Waals surface area contributed by atoms with Crippen LogP contribution in [0.3, 0.4) is 0 Å². The molecule has 4 heteroatoms. The van der Waals surface area contributed by atoms with Crippen molar-refractivity contribution in [2.24, 2.45) is 5.41 Å². The van der Waals surface area contributed by atoms with E-state index in [1.54, 1.807) is 0 Å². The number of carbonyl (C=O) groups excluding carboxylic acids is 1. The van der Waals surface area contributed by atoms with Crippen LogP contribution in [-0.4, -0.2) is 36.6 Å². The maximum atomic E-state index is 12.3. The summed E-state index contributed by atoms with van der Waals surface area (Å²) in [7, 11) is 0. The summed E-state index contributed by atoms with van der Waals surface area (Å²) < 4.78 is 5.50. The molecule has 88 valence electrons. The third-order valence-corrected chi connectivity index (χ3v) is 3.57. The van der Waals surface area contributed by atoms with Crippen molar-refractivity contribution in [3.05, 3.63) is 0 Å². The second kappa shape index (κ2) is 4.42. The zero-order chi connectivity index (χ0) is 11.6. The molecule has 2 aliphatic rings. The van der Waals surface area contributed by atoms with Gasteiger partial charge in [-0.25, -0.2) is 0 Å². The highest BCUT2D eigenvalue weighted by Gasteiger charge is 2.47. The van der Waals surface area contributed by atoms with E-state index in [1.807, 2.05) is 11.8 Å². The largest absolute Gasteiger partial charge is 0.377 e. The molecule has 0 aromatic rings. The van der Waals surface area contributed by atoms with E-state index in [-0.39, 0.29) is 12.0 Å². The molecule has 16 heavy (non-hydrogen) atoms. The van der Waals surface area contributed by atoms with Gasteiger partial charge in [0.05, 0.1) is 12.2 Å². The minimum Gasteiger partial charge on any atom is -0.377 e. The van der Waals surface area contributed by atoms with Crippen LogP contribution in [0.1, 0.15) is 32.6 Å². The Labute approximate surface area is 96.2 Å². The average molecular weight is 222 g/mol. The van der Waals surface area contributed by atoms with Gasteiger partial charge in [0, 0.05) is 19.7 Å². The Morgan fingerprint density at radius 3 is 2.81 bits per heavy atom. The Hall–Kier alpha value is -1.08. The summed E-state index contributed by atoms with van der Waals surface area (Å²) >= 11 is 0. The lowest BCUT2D eigenvalue weighted by atomic mass is 9.69. The Morgan fingerprint density at radius 1 is 1.50 bits per heavy atom. The lowest BCUT2D eigenvalue weighted by Gasteiger charge is -2.38. The van der Waals surface area contributed by atoms with Gasteiger partial charge in [0.25, 0.3) is 0 Å². The van der Waals surface area contributed by atoms with Crippen molar-refractivity contribution in [3.8, 4) is 6.07 Å². The first-order chi connectivity index (χ1) is 7.68. The fraction of sp³-hybridized carbons (Fsp3) is 0.833. The Bertz CT molecular complexity index is 317. The summed E-state index contributed by atoms with van der Waals surface area (Å²) in [6.07, 6.45) is 3.42. The first-order valence-corrected chi connectivity index (χ1v) is 6.00. The van der Waals surface area contributed by atoms with E-state index in [0.29, 0.717) is 13.2 Å². The van der Waals surface area contributed by atoms with Gasteiger partial charge in [0.1, 0.15) is 5.41 Å². The van der Waals surface area contributed by atoms with Crippen molar-refractivity contribution in [1.29, 1.82) is 5.26 Å². The molecule has 0 bridgehead atoms. The summed E-state index contributed by atoms with van der Waals surface area (Å²) in [6, 6.07) is 2.22. The van der Waals surface area contributed by atoms with E-state index < -0.39 is 5.41 Å². The summed E-state index contributed by atoms with van der Waals surface area (Å²) in [5.74, 6) is 0.0265. The molecule has 2 fully saturated rings. The number of nitrogens with zero attached hydrogens (tertiary/aromatic N) is 2. The number of ether oxygens (including phenoxy) is 1. The molecule has 2 rings (SSSR count). The van der Waals surface area contributed by atoms with E-state index in [4.69, 9.17) is 10.00 Å². The number of nitriles is 1. The zero-order valence-electron chi connectivity index (χ0n) is 9.74. The van der Waals surface area contributed by atoms with Gasteiger partial charge in [0.15, 0.2) is 0 Å². The van der Waals surface area contributed by atoms with Crippen molar-refractivity contribution in [2.45, 2.75) is 38.7 Å². The monoisotopic (exact) mass is 222 g/mol. The van der Waals surface area contributed by atoms with Crippen LogP contribution in [0.25, 0.3) is 0 Å². The van der Waals surface area contributed by atoms with Gasteiger partial charge in [0.2, 0.25) is 5.91 Å². The molecule has 0 N–H and O–H groups in total. The maximum absolute atomic E-state index is 12.3. The fourth-order valence-electron chi connectivity index (χ4n) is 2.39. The fourth-order valence-corrected chi connectivity index (χ4v) is 2.39. The first-order valence-electron chi connectivity index (χ1n) is 6.00. The van der Waals surface area contributed by atoms with Crippen LogP contribution in [0.4, 0.5) is 0 Å². The lowest BCUT2D eigenvalue weighted by molar-refractivity contribution is -0.143.